The van der Waals surface area contributed by atoms with Gasteiger partial charge in [-0.1, -0.05) is 41.6 Å². The molecule has 0 aromatic rings. The Labute approximate surface area is 126 Å². The van der Waals surface area contributed by atoms with E-state index in [1.165, 1.54) is 69.2 Å². The van der Waals surface area contributed by atoms with Crippen LogP contribution in [0.2, 0.25) is 0 Å². The summed E-state index contributed by atoms with van der Waals surface area (Å²) < 4.78 is 0.455. The summed E-state index contributed by atoms with van der Waals surface area (Å²) in [7, 11) is 0. The largest absolute Gasteiger partial charge is 0.301 e. The maximum absolute atomic E-state index is 3.83. The zero-order chi connectivity index (χ0) is 13.1. The van der Waals surface area contributed by atoms with Crippen LogP contribution in [0.1, 0.15) is 52.4 Å². The molecule has 106 valence electrons. The molecule has 2 rings (SSSR count). The van der Waals surface area contributed by atoms with E-state index in [9.17, 15) is 0 Å². The summed E-state index contributed by atoms with van der Waals surface area (Å²) in [5, 5.41) is 1.20. The van der Waals surface area contributed by atoms with Crippen molar-refractivity contribution in [3.8, 4) is 0 Å². The van der Waals surface area contributed by atoms with E-state index in [1.807, 2.05) is 0 Å². The Kier molecular flexibility index (Phi) is 5.48. The Morgan fingerprint density at radius 1 is 1.11 bits per heavy atom. The highest BCUT2D eigenvalue weighted by atomic mass is 79.9. The van der Waals surface area contributed by atoms with Crippen molar-refractivity contribution >= 4 is 27.7 Å². The molecule has 0 spiro atoms. The van der Waals surface area contributed by atoms with E-state index >= 15 is 0 Å². The molecule has 1 aliphatic carbocycles. The van der Waals surface area contributed by atoms with Gasteiger partial charge in [-0.25, -0.2) is 0 Å². The molecule has 2 fully saturated rings. The summed E-state index contributed by atoms with van der Waals surface area (Å²) in [6.45, 7) is 8.69. The van der Waals surface area contributed by atoms with Crippen LogP contribution in [-0.4, -0.2) is 40.4 Å². The fraction of sp³-hybridized carbons (Fsp3) is 1.00. The molecule has 1 saturated heterocycles. The molecule has 0 atom stereocenters. The molecule has 2 aliphatic rings. The number of hydrogen-bond donors (Lipinski definition) is 0. The van der Waals surface area contributed by atoms with Crippen LogP contribution in [0.25, 0.3) is 0 Å². The van der Waals surface area contributed by atoms with Gasteiger partial charge in [0.25, 0.3) is 0 Å². The maximum Gasteiger partial charge on any atom is 0.0231 e. The molecule has 0 radical (unpaired) electrons. The van der Waals surface area contributed by atoms with Crippen molar-refractivity contribution in [2.24, 2.45) is 5.41 Å². The predicted molar refractivity (Wildman–Crippen MR) is 86.9 cm³/mol. The molecule has 1 heterocycles. The third kappa shape index (κ3) is 4.14. The van der Waals surface area contributed by atoms with Gasteiger partial charge in [-0.2, -0.15) is 11.8 Å². The zero-order valence-electron chi connectivity index (χ0n) is 12.0. The van der Waals surface area contributed by atoms with Crippen LogP contribution in [0.15, 0.2) is 0 Å². The smallest absolute Gasteiger partial charge is 0.0231 e. The number of hydrogen-bond acceptors (Lipinski definition) is 2. The molecule has 0 N–H and O–H groups in total. The van der Waals surface area contributed by atoms with Crippen LogP contribution in [0, 0.1) is 5.41 Å². The quantitative estimate of drug-likeness (QED) is 0.550. The van der Waals surface area contributed by atoms with Gasteiger partial charge in [-0.3, -0.25) is 0 Å². The van der Waals surface area contributed by atoms with E-state index in [0.29, 0.717) is 10.2 Å². The molecule has 0 bridgehead atoms. The van der Waals surface area contributed by atoms with Crippen LogP contribution in [0.5, 0.6) is 0 Å². The van der Waals surface area contributed by atoms with Crippen molar-refractivity contribution in [3.63, 3.8) is 0 Å². The lowest BCUT2D eigenvalue weighted by Crippen LogP contribution is -2.48. The Morgan fingerprint density at radius 2 is 1.78 bits per heavy atom. The van der Waals surface area contributed by atoms with Gasteiger partial charge in [0.05, 0.1) is 0 Å². The fourth-order valence-corrected chi connectivity index (χ4v) is 5.45. The molecule has 0 amide bonds. The molecular weight excluding hydrogens is 306 g/mol. The average Bonchev–Trinajstić information content (AvgIpc) is 2.54. The second kappa shape index (κ2) is 6.49. The molecule has 1 aliphatic heterocycles. The highest BCUT2D eigenvalue weighted by molar-refractivity contribution is 9.09. The van der Waals surface area contributed by atoms with Crippen LogP contribution in [-0.2, 0) is 0 Å². The Balaban J connectivity index is 1.96. The van der Waals surface area contributed by atoms with Crippen LogP contribution < -0.4 is 0 Å². The fourth-order valence-electron chi connectivity index (χ4n) is 3.54. The van der Waals surface area contributed by atoms with Crippen molar-refractivity contribution < 1.29 is 0 Å². The van der Waals surface area contributed by atoms with Crippen LogP contribution in [0.4, 0.5) is 0 Å². The zero-order valence-corrected chi connectivity index (χ0v) is 14.4. The lowest BCUT2D eigenvalue weighted by atomic mass is 9.81. The molecule has 0 aromatic carbocycles. The molecule has 18 heavy (non-hydrogen) atoms. The minimum absolute atomic E-state index is 0.455. The van der Waals surface area contributed by atoms with Gasteiger partial charge in [0, 0.05) is 35.5 Å². The van der Waals surface area contributed by atoms with Gasteiger partial charge in [0.1, 0.15) is 0 Å². The van der Waals surface area contributed by atoms with Crippen molar-refractivity contribution in [2.45, 2.75) is 57.1 Å². The van der Waals surface area contributed by atoms with Gasteiger partial charge in [0.2, 0.25) is 0 Å². The first-order chi connectivity index (χ1) is 8.55. The monoisotopic (exact) mass is 333 g/mol. The van der Waals surface area contributed by atoms with Gasteiger partial charge < -0.3 is 4.90 Å². The summed E-state index contributed by atoms with van der Waals surface area (Å²) in [6.07, 6.45) is 8.66. The van der Waals surface area contributed by atoms with Crippen molar-refractivity contribution in [1.29, 1.82) is 0 Å². The minimum atomic E-state index is 0.455. The predicted octanol–water partition coefficient (Wildman–Crippen LogP) is 4.55. The number of thioether (sulfide) groups is 1. The minimum Gasteiger partial charge on any atom is -0.301 e. The molecule has 0 unspecified atom stereocenters. The maximum atomic E-state index is 3.83. The Hall–Kier alpha value is 0.790. The topological polar surface area (TPSA) is 3.24 Å². The number of halogens is 1. The van der Waals surface area contributed by atoms with Crippen molar-refractivity contribution in [2.75, 3.05) is 30.7 Å². The summed E-state index contributed by atoms with van der Waals surface area (Å²) >= 11 is 5.97. The first kappa shape index (κ1) is 15.2. The molecule has 0 aromatic heterocycles. The highest BCUT2D eigenvalue weighted by Gasteiger charge is 2.35. The van der Waals surface area contributed by atoms with E-state index in [4.69, 9.17) is 0 Å². The van der Waals surface area contributed by atoms with Crippen LogP contribution in [0.3, 0.4) is 0 Å². The first-order valence-corrected chi connectivity index (χ1v) is 9.58. The molecule has 3 heteroatoms. The van der Waals surface area contributed by atoms with E-state index < -0.39 is 0 Å². The summed E-state index contributed by atoms with van der Waals surface area (Å²) in [5.74, 6) is 1.31. The average molecular weight is 334 g/mol. The van der Waals surface area contributed by atoms with Crippen molar-refractivity contribution in [1.82, 2.24) is 4.90 Å². The lowest BCUT2D eigenvalue weighted by Gasteiger charge is -2.43. The van der Waals surface area contributed by atoms with E-state index in [-0.39, 0.29) is 0 Å². The summed E-state index contributed by atoms with van der Waals surface area (Å²) in [4.78, 5) is 2.74. The summed E-state index contributed by atoms with van der Waals surface area (Å²) in [5.41, 5.74) is 0.564. The summed E-state index contributed by atoms with van der Waals surface area (Å²) in [6, 6.07) is 0. The second-order valence-electron chi connectivity index (χ2n) is 6.87. The van der Waals surface area contributed by atoms with Gasteiger partial charge in [0.15, 0.2) is 0 Å². The van der Waals surface area contributed by atoms with Gasteiger partial charge in [-0.05, 0) is 32.1 Å². The normalized spacial score (nSPS) is 28.8. The highest BCUT2D eigenvalue weighted by Crippen LogP contribution is 2.39. The van der Waals surface area contributed by atoms with Gasteiger partial charge >= 0.3 is 0 Å². The van der Waals surface area contributed by atoms with E-state index in [1.54, 1.807) is 0 Å². The van der Waals surface area contributed by atoms with E-state index in [0.717, 1.165) is 0 Å². The standard InChI is InChI=1S/C15H28BrNS/c1-14(2)12-17(9-10-18-14)13-15(11-16)7-5-3-4-6-8-15/h3-13H2,1-2H3. The van der Waals surface area contributed by atoms with Crippen LogP contribution >= 0.6 is 27.7 Å². The first-order valence-electron chi connectivity index (χ1n) is 7.48. The third-order valence-electron chi connectivity index (χ3n) is 4.51. The molecule has 1 saturated carbocycles. The SMILES string of the molecule is CC1(C)CN(CC2(CBr)CCCCCC2)CCS1. The van der Waals surface area contributed by atoms with Gasteiger partial charge in [-0.15, -0.1) is 0 Å². The Bertz CT molecular complexity index is 259. The lowest BCUT2D eigenvalue weighted by molar-refractivity contribution is 0.146. The Morgan fingerprint density at radius 3 is 2.33 bits per heavy atom. The number of nitrogens with zero attached hydrogens (tertiary/aromatic N) is 1. The molecule has 1 nitrogen and oxygen atoms in total. The van der Waals surface area contributed by atoms with Crippen molar-refractivity contribution in [3.05, 3.63) is 0 Å². The number of alkyl halides is 1. The third-order valence-corrected chi connectivity index (χ3v) is 7.00. The van der Waals surface area contributed by atoms with E-state index in [2.05, 4.69) is 46.4 Å². The second-order valence-corrected chi connectivity index (χ2v) is 9.23. The molecular formula is C15H28BrNS. The number of rotatable bonds is 3.